The minimum absolute atomic E-state index is 0.411. The number of imidazole rings is 1. The topological polar surface area (TPSA) is 89.7 Å². The van der Waals surface area contributed by atoms with E-state index in [0.29, 0.717) is 17.0 Å². The second-order valence-electron chi connectivity index (χ2n) is 4.93. The van der Waals surface area contributed by atoms with Crippen LogP contribution >= 0.6 is 11.8 Å². The van der Waals surface area contributed by atoms with E-state index in [1.54, 1.807) is 11.8 Å². The molecule has 0 amide bonds. The number of nitrogens with one attached hydrogen (secondary N) is 1. The molecule has 1 aliphatic rings. The van der Waals surface area contributed by atoms with Crippen LogP contribution in [0, 0.1) is 6.92 Å². The van der Waals surface area contributed by atoms with Gasteiger partial charge in [0.15, 0.2) is 16.6 Å². The number of hydrogen-bond donors (Lipinski definition) is 2. The van der Waals surface area contributed by atoms with E-state index < -0.39 is 0 Å². The Morgan fingerprint density at radius 1 is 1.26 bits per heavy atom. The summed E-state index contributed by atoms with van der Waals surface area (Å²) in [5, 5.41) is 0.748. The van der Waals surface area contributed by atoms with E-state index in [0.717, 1.165) is 28.8 Å². The zero-order valence-corrected chi connectivity index (χ0v) is 14.2. The van der Waals surface area contributed by atoms with Crippen molar-refractivity contribution in [2.75, 3.05) is 12.3 Å². The Morgan fingerprint density at radius 2 is 2.09 bits per heavy atom. The molecule has 0 saturated carbocycles. The van der Waals surface area contributed by atoms with Gasteiger partial charge >= 0.3 is 0 Å². The summed E-state index contributed by atoms with van der Waals surface area (Å²) >= 11 is 1.54. The van der Waals surface area contributed by atoms with Crippen molar-refractivity contribution in [3.05, 3.63) is 29.6 Å². The number of ether oxygens (including phenoxy) is 1. The highest BCUT2D eigenvalue weighted by atomic mass is 32.2. The van der Waals surface area contributed by atoms with Crippen LogP contribution in [0.2, 0.25) is 0 Å². The van der Waals surface area contributed by atoms with Gasteiger partial charge in [-0.1, -0.05) is 31.7 Å². The van der Waals surface area contributed by atoms with Crippen molar-refractivity contribution >= 4 is 28.7 Å². The minimum Gasteiger partial charge on any atom is -0.493 e. The summed E-state index contributed by atoms with van der Waals surface area (Å²) in [4.78, 5) is 16.8. The van der Waals surface area contributed by atoms with Crippen LogP contribution in [-0.2, 0) is 6.42 Å². The van der Waals surface area contributed by atoms with Crippen molar-refractivity contribution < 1.29 is 4.74 Å². The fourth-order valence-corrected chi connectivity index (χ4v) is 3.30. The van der Waals surface area contributed by atoms with Gasteiger partial charge in [0, 0.05) is 11.3 Å². The number of nitrogen functional groups attached to an aromatic ring is 1. The molecular weight excluding hydrogens is 310 g/mol. The van der Waals surface area contributed by atoms with Crippen LogP contribution in [0.5, 0.6) is 5.75 Å². The maximum atomic E-state index is 5.81. The molecule has 1 aromatic carbocycles. The molecule has 23 heavy (non-hydrogen) atoms. The van der Waals surface area contributed by atoms with E-state index in [1.165, 1.54) is 17.5 Å². The molecule has 0 atom stereocenters. The van der Waals surface area contributed by atoms with Gasteiger partial charge in [-0.25, -0.2) is 15.0 Å². The van der Waals surface area contributed by atoms with Gasteiger partial charge < -0.3 is 15.5 Å². The van der Waals surface area contributed by atoms with Crippen molar-refractivity contribution in [3.8, 4) is 5.75 Å². The van der Waals surface area contributed by atoms with E-state index in [1.807, 2.05) is 13.8 Å². The Bertz CT molecular complexity index is 846. The van der Waals surface area contributed by atoms with Gasteiger partial charge in [-0.2, -0.15) is 0 Å². The lowest BCUT2D eigenvalue weighted by Gasteiger charge is -2.06. The monoisotopic (exact) mass is 329 g/mol. The van der Waals surface area contributed by atoms with Crippen molar-refractivity contribution in [1.29, 1.82) is 0 Å². The number of nitrogens with zero attached hydrogens (tertiary/aromatic N) is 3. The first kappa shape index (κ1) is 15.6. The molecule has 120 valence electrons. The predicted octanol–water partition coefficient (Wildman–Crippen LogP) is 3.36. The molecule has 0 spiro atoms. The lowest BCUT2D eigenvalue weighted by Crippen LogP contribution is -1.91. The van der Waals surface area contributed by atoms with Crippen LogP contribution in [0.25, 0.3) is 11.2 Å². The van der Waals surface area contributed by atoms with E-state index in [9.17, 15) is 0 Å². The van der Waals surface area contributed by atoms with E-state index in [-0.39, 0.29) is 0 Å². The van der Waals surface area contributed by atoms with E-state index >= 15 is 0 Å². The predicted molar refractivity (Wildman–Crippen MR) is 91.9 cm³/mol. The van der Waals surface area contributed by atoms with E-state index in [4.69, 9.17) is 10.5 Å². The lowest BCUT2D eigenvalue weighted by molar-refractivity contribution is 0.356. The summed E-state index contributed by atoms with van der Waals surface area (Å²) in [6, 6.07) is 4.26. The molecule has 2 aromatic heterocycles. The van der Waals surface area contributed by atoms with Gasteiger partial charge in [-0.05, 0) is 24.1 Å². The first-order chi connectivity index (χ1) is 11.2. The van der Waals surface area contributed by atoms with Crippen LogP contribution < -0.4 is 10.5 Å². The molecule has 3 aromatic rings. The average molecular weight is 329 g/mol. The molecule has 0 bridgehead atoms. The quantitative estimate of drug-likeness (QED) is 0.749. The molecule has 3 heterocycles. The van der Waals surface area contributed by atoms with Gasteiger partial charge in [-0.3, -0.25) is 0 Å². The number of nitrogens with two attached hydrogens (primary N) is 1. The Morgan fingerprint density at radius 3 is 2.87 bits per heavy atom. The van der Waals surface area contributed by atoms with Gasteiger partial charge in [0.25, 0.3) is 0 Å². The Labute approximate surface area is 138 Å². The van der Waals surface area contributed by atoms with Crippen molar-refractivity contribution in [3.63, 3.8) is 0 Å². The first-order valence-electron chi connectivity index (χ1n) is 7.61. The smallest absolute Gasteiger partial charge is 0.183 e. The molecular formula is C16H19N5OS. The van der Waals surface area contributed by atoms with Crippen molar-refractivity contribution in [1.82, 2.24) is 19.9 Å². The number of benzene rings is 1. The largest absolute Gasteiger partial charge is 0.493 e. The van der Waals surface area contributed by atoms with Crippen molar-refractivity contribution in [2.45, 2.75) is 37.2 Å². The molecule has 1 aliphatic heterocycles. The highest BCUT2D eigenvalue weighted by Gasteiger charge is 2.16. The Hall–Kier alpha value is -2.28. The zero-order chi connectivity index (χ0) is 16.4. The maximum absolute atomic E-state index is 5.81. The number of anilines is 1. The van der Waals surface area contributed by atoms with Gasteiger partial charge in [0.05, 0.1) is 6.61 Å². The van der Waals surface area contributed by atoms with Crippen LogP contribution in [0.3, 0.4) is 0 Å². The van der Waals surface area contributed by atoms with Crippen LogP contribution in [0.4, 0.5) is 5.82 Å². The molecule has 6 nitrogen and oxygen atoms in total. The van der Waals surface area contributed by atoms with Gasteiger partial charge in [-0.15, -0.1) is 0 Å². The maximum Gasteiger partial charge on any atom is 0.183 e. The summed E-state index contributed by atoms with van der Waals surface area (Å²) in [7, 11) is 0. The number of hydrogen-bond acceptors (Lipinski definition) is 6. The summed E-state index contributed by atoms with van der Waals surface area (Å²) < 4.78 is 5.62. The van der Waals surface area contributed by atoms with Crippen LogP contribution in [-0.4, -0.2) is 26.5 Å². The van der Waals surface area contributed by atoms with Gasteiger partial charge in [0.1, 0.15) is 17.6 Å². The number of fused-ring (bicyclic) bond motifs is 2. The van der Waals surface area contributed by atoms with Gasteiger partial charge in [0.2, 0.25) is 0 Å². The number of H-pyrrole nitrogens is 1. The fourth-order valence-electron chi connectivity index (χ4n) is 2.42. The fraction of sp³-hybridized carbons (Fsp3) is 0.312. The zero-order valence-electron chi connectivity index (χ0n) is 13.4. The molecule has 0 unspecified atom stereocenters. The molecule has 0 saturated heterocycles. The third-order valence-corrected chi connectivity index (χ3v) is 4.54. The standard InChI is InChI=1S/C14H13N5OS.C2H6/c1-7-4-8-2-3-20-9(8)5-10(7)21-14-18-11-12(15)16-6-17-13(11)19-14;1-2/h4-6H,2-3H2,1H3,(H3,15,16,17,18,19);1-2H3. The molecule has 4 rings (SSSR count). The number of rotatable bonds is 2. The molecule has 0 radical (unpaired) electrons. The highest BCUT2D eigenvalue weighted by molar-refractivity contribution is 7.99. The number of aryl methyl sites for hydroxylation is 1. The summed E-state index contributed by atoms with van der Waals surface area (Å²) in [6.45, 7) is 6.86. The third-order valence-electron chi connectivity index (χ3n) is 3.49. The average Bonchev–Trinajstić information content (AvgIpc) is 3.16. The molecule has 0 fully saturated rings. The third kappa shape index (κ3) is 2.96. The normalized spacial score (nSPS) is 12.5. The summed E-state index contributed by atoms with van der Waals surface area (Å²) in [6.07, 6.45) is 2.40. The molecule has 3 N–H and O–H groups in total. The van der Waals surface area contributed by atoms with Crippen LogP contribution in [0.15, 0.2) is 28.5 Å². The second kappa shape index (κ2) is 6.45. The summed E-state index contributed by atoms with van der Waals surface area (Å²) in [5.74, 6) is 1.38. The Balaban J connectivity index is 0.000000753. The van der Waals surface area contributed by atoms with Crippen LogP contribution in [0.1, 0.15) is 25.0 Å². The lowest BCUT2D eigenvalue weighted by atomic mass is 10.1. The minimum atomic E-state index is 0.411. The number of aromatic amines is 1. The first-order valence-corrected chi connectivity index (χ1v) is 8.43. The van der Waals surface area contributed by atoms with E-state index in [2.05, 4.69) is 39.0 Å². The van der Waals surface area contributed by atoms with Crippen molar-refractivity contribution in [2.24, 2.45) is 0 Å². The molecule has 7 heteroatoms. The Kier molecular flexibility index (Phi) is 4.38. The summed E-state index contributed by atoms with van der Waals surface area (Å²) in [5.41, 5.74) is 9.56. The SMILES string of the molecule is CC.Cc1cc2c(cc1Sc1nc3ncnc(N)c3[nH]1)OCC2. The second-order valence-corrected chi connectivity index (χ2v) is 5.96. The molecule has 0 aliphatic carbocycles. The highest BCUT2D eigenvalue weighted by Crippen LogP contribution is 2.36. The number of aromatic nitrogens is 4.